The molecule has 1 heteroatoms. The SMILES string of the molecule is CC1(C)CCC(C)(C)c2cc(C(N)C3CCCC3)ccc21. The summed E-state index contributed by atoms with van der Waals surface area (Å²) in [7, 11) is 0. The monoisotopic (exact) mass is 285 g/mol. The molecule has 0 amide bonds. The Morgan fingerprint density at radius 2 is 1.52 bits per heavy atom. The molecule has 2 N–H and O–H groups in total. The number of nitrogens with two attached hydrogens (primary N) is 1. The van der Waals surface area contributed by atoms with Gasteiger partial charge in [0.1, 0.15) is 0 Å². The molecule has 1 atom stereocenters. The summed E-state index contributed by atoms with van der Waals surface area (Å²) in [6, 6.07) is 7.36. The predicted octanol–water partition coefficient (Wildman–Crippen LogP) is 5.23. The van der Waals surface area contributed by atoms with E-state index in [0.29, 0.717) is 11.3 Å². The van der Waals surface area contributed by atoms with Gasteiger partial charge in [0, 0.05) is 6.04 Å². The van der Waals surface area contributed by atoms with E-state index in [2.05, 4.69) is 45.9 Å². The van der Waals surface area contributed by atoms with E-state index in [9.17, 15) is 0 Å². The lowest BCUT2D eigenvalue weighted by molar-refractivity contribution is 0.330. The highest BCUT2D eigenvalue weighted by atomic mass is 14.7. The van der Waals surface area contributed by atoms with Crippen LogP contribution in [0.15, 0.2) is 18.2 Å². The summed E-state index contributed by atoms with van der Waals surface area (Å²) in [5, 5.41) is 0. The highest BCUT2D eigenvalue weighted by Gasteiger charge is 2.37. The first-order valence-corrected chi connectivity index (χ1v) is 8.72. The minimum atomic E-state index is 0.235. The lowest BCUT2D eigenvalue weighted by atomic mass is 9.62. The zero-order valence-electron chi connectivity index (χ0n) is 14.2. The Kier molecular flexibility index (Phi) is 3.68. The fourth-order valence-corrected chi connectivity index (χ4v) is 4.40. The molecule has 1 unspecified atom stereocenters. The van der Waals surface area contributed by atoms with Gasteiger partial charge in [-0.2, -0.15) is 0 Å². The van der Waals surface area contributed by atoms with E-state index in [1.54, 1.807) is 11.1 Å². The molecule has 0 aromatic heterocycles. The van der Waals surface area contributed by atoms with E-state index >= 15 is 0 Å². The Hall–Kier alpha value is -0.820. The van der Waals surface area contributed by atoms with Crippen molar-refractivity contribution in [3.05, 3.63) is 34.9 Å². The quantitative estimate of drug-likeness (QED) is 0.791. The number of rotatable bonds is 2. The number of fused-ring (bicyclic) bond motifs is 1. The first-order valence-electron chi connectivity index (χ1n) is 8.72. The molecule has 1 fully saturated rings. The van der Waals surface area contributed by atoms with Crippen LogP contribution >= 0.6 is 0 Å². The zero-order valence-corrected chi connectivity index (χ0v) is 14.2. The average molecular weight is 285 g/mol. The fourth-order valence-electron chi connectivity index (χ4n) is 4.40. The summed E-state index contributed by atoms with van der Waals surface area (Å²) >= 11 is 0. The molecule has 3 rings (SSSR count). The molecule has 116 valence electrons. The van der Waals surface area contributed by atoms with Crippen molar-refractivity contribution in [1.29, 1.82) is 0 Å². The topological polar surface area (TPSA) is 26.0 Å². The minimum Gasteiger partial charge on any atom is -0.324 e. The van der Waals surface area contributed by atoms with Gasteiger partial charge in [0.05, 0.1) is 0 Å². The highest BCUT2D eigenvalue weighted by molar-refractivity contribution is 5.44. The molecule has 2 aliphatic carbocycles. The van der Waals surface area contributed by atoms with Crippen LogP contribution in [0, 0.1) is 5.92 Å². The van der Waals surface area contributed by atoms with Crippen LogP contribution in [0.2, 0.25) is 0 Å². The van der Waals surface area contributed by atoms with Crippen LogP contribution in [0.25, 0.3) is 0 Å². The lowest BCUT2D eigenvalue weighted by Crippen LogP contribution is -2.34. The summed E-state index contributed by atoms with van der Waals surface area (Å²) < 4.78 is 0. The largest absolute Gasteiger partial charge is 0.324 e. The molecule has 0 heterocycles. The molecular formula is C20H31N. The summed E-state index contributed by atoms with van der Waals surface area (Å²) in [4.78, 5) is 0. The first kappa shape index (κ1) is 15.1. The Morgan fingerprint density at radius 3 is 2.14 bits per heavy atom. The Labute approximate surface area is 130 Å². The van der Waals surface area contributed by atoms with Crippen LogP contribution in [-0.4, -0.2) is 0 Å². The van der Waals surface area contributed by atoms with Gasteiger partial charge in [-0.1, -0.05) is 58.7 Å². The molecule has 1 nitrogen and oxygen atoms in total. The van der Waals surface area contributed by atoms with Gasteiger partial charge in [-0.05, 0) is 59.1 Å². The maximum absolute atomic E-state index is 6.59. The van der Waals surface area contributed by atoms with Gasteiger partial charge in [0.25, 0.3) is 0 Å². The number of hydrogen-bond donors (Lipinski definition) is 1. The molecule has 1 saturated carbocycles. The minimum absolute atomic E-state index is 0.235. The standard InChI is InChI=1S/C20H31N/c1-19(2)11-12-20(3,4)17-13-15(9-10-16(17)19)18(21)14-7-5-6-8-14/h9-10,13-14,18H,5-8,11-12,21H2,1-4H3. The fraction of sp³-hybridized carbons (Fsp3) is 0.700. The molecule has 1 aromatic carbocycles. The van der Waals surface area contributed by atoms with Crippen molar-refractivity contribution in [2.75, 3.05) is 0 Å². The number of hydrogen-bond acceptors (Lipinski definition) is 1. The Bertz CT molecular complexity index is 521. The summed E-state index contributed by atoms with van der Waals surface area (Å²) in [6.45, 7) is 9.56. The average Bonchev–Trinajstić information content (AvgIpc) is 2.97. The molecule has 2 aliphatic rings. The molecule has 0 spiro atoms. The van der Waals surface area contributed by atoms with Gasteiger partial charge in [-0.15, -0.1) is 0 Å². The maximum atomic E-state index is 6.59. The molecular weight excluding hydrogens is 254 g/mol. The second kappa shape index (κ2) is 5.12. The van der Waals surface area contributed by atoms with Crippen LogP contribution < -0.4 is 5.73 Å². The van der Waals surface area contributed by atoms with E-state index in [1.165, 1.54) is 44.1 Å². The van der Waals surface area contributed by atoms with Gasteiger partial charge in [-0.25, -0.2) is 0 Å². The summed E-state index contributed by atoms with van der Waals surface area (Å²) in [5.41, 5.74) is 11.6. The third-order valence-corrected chi connectivity index (χ3v) is 6.17. The van der Waals surface area contributed by atoms with Crippen molar-refractivity contribution in [3.8, 4) is 0 Å². The second-order valence-electron chi connectivity index (χ2n) is 8.64. The van der Waals surface area contributed by atoms with Crippen LogP contribution in [0.4, 0.5) is 0 Å². The van der Waals surface area contributed by atoms with Crippen molar-refractivity contribution >= 4 is 0 Å². The Morgan fingerprint density at radius 1 is 0.952 bits per heavy atom. The van der Waals surface area contributed by atoms with Gasteiger partial charge < -0.3 is 5.73 Å². The molecule has 0 radical (unpaired) electrons. The maximum Gasteiger partial charge on any atom is 0.0323 e. The van der Waals surface area contributed by atoms with E-state index in [0.717, 1.165) is 0 Å². The van der Waals surface area contributed by atoms with Gasteiger partial charge in [-0.3, -0.25) is 0 Å². The van der Waals surface area contributed by atoms with Gasteiger partial charge in [0.15, 0.2) is 0 Å². The van der Waals surface area contributed by atoms with Gasteiger partial charge in [0.2, 0.25) is 0 Å². The van der Waals surface area contributed by atoms with Crippen molar-refractivity contribution in [2.45, 2.75) is 83.1 Å². The molecule has 21 heavy (non-hydrogen) atoms. The summed E-state index contributed by atoms with van der Waals surface area (Å²) in [6.07, 6.45) is 7.90. The third kappa shape index (κ3) is 2.65. The van der Waals surface area contributed by atoms with Crippen molar-refractivity contribution in [3.63, 3.8) is 0 Å². The normalized spacial score (nSPS) is 25.6. The Balaban J connectivity index is 1.99. The molecule has 1 aromatic rings. The number of benzene rings is 1. The molecule has 0 saturated heterocycles. The van der Waals surface area contributed by atoms with E-state index in [4.69, 9.17) is 5.73 Å². The summed E-state index contributed by atoms with van der Waals surface area (Å²) in [5.74, 6) is 0.697. The first-order chi connectivity index (χ1) is 9.81. The highest BCUT2D eigenvalue weighted by Crippen LogP contribution is 2.47. The lowest BCUT2D eigenvalue weighted by Gasteiger charge is -2.42. The van der Waals surface area contributed by atoms with Crippen LogP contribution in [0.3, 0.4) is 0 Å². The zero-order chi connectivity index (χ0) is 15.3. The van der Waals surface area contributed by atoms with E-state index < -0.39 is 0 Å². The van der Waals surface area contributed by atoms with Gasteiger partial charge >= 0.3 is 0 Å². The van der Waals surface area contributed by atoms with Crippen LogP contribution in [-0.2, 0) is 10.8 Å². The van der Waals surface area contributed by atoms with Crippen molar-refractivity contribution < 1.29 is 0 Å². The van der Waals surface area contributed by atoms with Crippen molar-refractivity contribution in [2.24, 2.45) is 11.7 Å². The van der Waals surface area contributed by atoms with Crippen molar-refractivity contribution in [1.82, 2.24) is 0 Å². The van der Waals surface area contributed by atoms with E-state index in [1.807, 2.05) is 0 Å². The third-order valence-electron chi connectivity index (χ3n) is 6.17. The predicted molar refractivity (Wildman–Crippen MR) is 90.6 cm³/mol. The molecule has 0 aliphatic heterocycles. The second-order valence-corrected chi connectivity index (χ2v) is 8.64. The smallest absolute Gasteiger partial charge is 0.0323 e. The van der Waals surface area contributed by atoms with Crippen LogP contribution in [0.5, 0.6) is 0 Å². The van der Waals surface area contributed by atoms with E-state index in [-0.39, 0.29) is 11.5 Å². The molecule has 0 bridgehead atoms. The van der Waals surface area contributed by atoms with Crippen LogP contribution in [0.1, 0.15) is 89.0 Å².